The Balaban J connectivity index is 2.16. The molecule has 0 aromatic heterocycles. The predicted molar refractivity (Wildman–Crippen MR) is 88.1 cm³/mol. The highest BCUT2D eigenvalue weighted by atomic mass is 35.5. The van der Waals surface area contributed by atoms with Crippen LogP contribution in [0.25, 0.3) is 0 Å². The molecule has 0 bridgehead atoms. The fraction of sp³-hybridized carbons (Fsp3) is 0.200. The molecule has 0 amide bonds. The monoisotopic (exact) mass is 359 g/mol. The maximum absolute atomic E-state index is 12.3. The average Bonchev–Trinajstić information content (AvgIpc) is 2.48. The van der Waals surface area contributed by atoms with Gasteiger partial charge in [-0.2, -0.15) is 0 Å². The minimum atomic E-state index is -3.74. The third-order valence-electron chi connectivity index (χ3n) is 2.86. The molecule has 22 heavy (non-hydrogen) atoms. The molecule has 2 aromatic rings. The highest BCUT2D eigenvalue weighted by Crippen LogP contribution is 2.25. The molecule has 4 nitrogen and oxygen atoms in total. The molecular formula is C15H15Cl2NO3S. The Morgan fingerprint density at radius 2 is 1.91 bits per heavy atom. The van der Waals surface area contributed by atoms with Gasteiger partial charge in [0.15, 0.2) is 0 Å². The summed E-state index contributed by atoms with van der Waals surface area (Å²) in [6.45, 7) is 2.57. The van der Waals surface area contributed by atoms with Crippen molar-refractivity contribution >= 4 is 33.2 Å². The van der Waals surface area contributed by atoms with Crippen LogP contribution in [0.4, 0.5) is 0 Å². The summed E-state index contributed by atoms with van der Waals surface area (Å²) in [5.74, 6) is 0.694. The SMILES string of the molecule is CCOc1cccc(CNS(=O)(=O)c2cc(Cl)ccc2Cl)c1. The molecule has 0 heterocycles. The zero-order valence-electron chi connectivity index (χ0n) is 11.8. The Hall–Kier alpha value is -1.27. The summed E-state index contributed by atoms with van der Waals surface area (Å²) in [4.78, 5) is -0.0392. The number of ether oxygens (including phenoxy) is 1. The first-order valence-corrected chi connectivity index (χ1v) is 8.83. The van der Waals surface area contributed by atoms with Crippen LogP contribution in [-0.4, -0.2) is 15.0 Å². The number of rotatable bonds is 6. The summed E-state index contributed by atoms with van der Waals surface area (Å²) in [5.41, 5.74) is 0.785. The molecule has 0 atom stereocenters. The molecule has 0 saturated carbocycles. The standard InChI is InChI=1S/C15H15Cl2NO3S/c1-2-21-13-5-3-4-11(8-13)10-18-22(19,20)15-9-12(16)6-7-14(15)17/h3-9,18H,2,10H2,1H3. The lowest BCUT2D eigenvalue weighted by atomic mass is 10.2. The summed E-state index contributed by atoms with van der Waals surface area (Å²) in [6, 6.07) is 11.5. The van der Waals surface area contributed by atoms with Crippen LogP contribution in [0.1, 0.15) is 12.5 Å². The van der Waals surface area contributed by atoms with E-state index in [0.717, 1.165) is 5.56 Å². The Kier molecular flexibility index (Phi) is 5.69. The van der Waals surface area contributed by atoms with Crippen molar-refractivity contribution < 1.29 is 13.2 Å². The maximum Gasteiger partial charge on any atom is 0.242 e. The van der Waals surface area contributed by atoms with E-state index in [2.05, 4.69) is 4.72 Å². The Labute approximate surface area is 140 Å². The van der Waals surface area contributed by atoms with E-state index in [0.29, 0.717) is 17.4 Å². The topological polar surface area (TPSA) is 55.4 Å². The maximum atomic E-state index is 12.3. The molecule has 0 spiro atoms. The smallest absolute Gasteiger partial charge is 0.242 e. The molecule has 2 aromatic carbocycles. The molecular weight excluding hydrogens is 345 g/mol. The second-order valence-corrected chi connectivity index (χ2v) is 7.06. The minimum Gasteiger partial charge on any atom is -0.494 e. The fourth-order valence-electron chi connectivity index (χ4n) is 1.85. The van der Waals surface area contributed by atoms with Gasteiger partial charge >= 0.3 is 0 Å². The van der Waals surface area contributed by atoms with E-state index in [1.165, 1.54) is 18.2 Å². The van der Waals surface area contributed by atoms with Gasteiger partial charge in [-0.15, -0.1) is 0 Å². The summed E-state index contributed by atoms with van der Waals surface area (Å²) >= 11 is 11.8. The fourth-order valence-corrected chi connectivity index (χ4v) is 3.63. The van der Waals surface area contributed by atoms with E-state index < -0.39 is 10.0 Å². The molecule has 0 saturated heterocycles. The number of hydrogen-bond acceptors (Lipinski definition) is 3. The quantitative estimate of drug-likeness (QED) is 0.851. The summed E-state index contributed by atoms with van der Waals surface area (Å²) in [5, 5.41) is 0.433. The van der Waals surface area contributed by atoms with Crippen LogP contribution in [0.15, 0.2) is 47.4 Å². The summed E-state index contributed by atoms with van der Waals surface area (Å²) in [6.07, 6.45) is 0. The minimum absolute atomic E-state index is 0.0392. The zero-order valence-corrected chi connectivity index (χ0v) is 14.2. The van der Waals surface area contributed by atoms with Crippen LogP contribution >= 0.6 is 23.2 Å². The van der Waals surface area contributed by atoms with Crippen molar-refractivity contribution in [1.82, 2.24) is 4.72 Å². The second kappa shape index (κ2) is 7.33. The number of hydrogen-bond donors (Lipinski definition) is 1. The van der Waals surface area contributed by atoms with Gasteiger partial charge in [0.05, 0.1) is 11.6 Å². The van der Waals surface area contributed by atoms with Crippen molar-refractivity contribution in [3.63, 3.8) is 0 Å². The zero-order chi connectivity index (χ0) is 16.2. The van der Waals surface area contributed by atoms with Crippen LogP contribution in [0, 0.1) is 0 Å². The Bertz CT molecular complexity index is 763. The van der Waals surface area contributed by atoms with Crippen molar-refractivity contribution in [2.45, 2.75) is 18.4 Å². The lowest BCUT2D eigenvalue weighted by Gasteiger charge is -2.10. The normalized spacial score (nSPS) is 11.4. The van der Waals surface area contributed by atoms with E-state index in [-0.39, 0.29) is 16.5 Å². The van der Waals surface area contributed by atoms with Gasteiger partial charge in [0.1, 0.15) is 10.6 Å². The highest BCUT2D eigenvalue weighted by Gasteiger charge is 2.18. The van der Waals surface area contributed by atoms with Gasteiger partial charge in [-0.1, -0.05) is 35.3 Å². The van der Waals surface area contributed by atoms with Crippen molar-refractivity contribution in [1.29, 1.82) is 0 Å². The number of nitrogens with one attached hydrogen (secondary N) is 1. The molecule has 7 heteroatoms. The molecule has 0 aliphatic rings. The summed E-state index contributed by atoms with van der Waals surface area (Å²) in [7, 11) is -3.74. The number of halogens is 2. The van der Waals surface area contributed by atoms with Crippen molar-refractivity contribution in [2.24, 2.45) is 0 Å². The lowest BCUT2D eigenvalue weighted by Crippen LogP contribution is -2.23. The third kappa shape index (κ3) is 4.36. The third-order valence-corrected chi connectivity index (χ3v) is 4.98. The number of sulfonamides is 1. The first kappa shape index (κ1) is 17.1. The molecule has 0 aliphatic heterocycles. The highest BCUT2D eigenvalue weighted by molar-refractivity contribution is 7.89. The number of benzene rings is 2. The Morgan fingerprint density at radius 1 is 1.14 bits per heavy atom. The largest absolute Gasteiger partial charge is 0.494 e. The van der Waals surface area contributed by atoms with E-state index in [9.17, 15) is 8.42 Å². The van der Waals surface area contributed by atoms with Crippen molar-refractivity contribution in [3.05, 3.63) is 58.1 Å². The summed E-state index contributed by atoms with van der Waals surface area (Å²) < 4.78 is 32.5. The lowest BCUT2D eigenvalue weighted by molar-refractivity contribution is 0.340. The van der Waals surface area contributed by atoms with Crippen molar-refractivity contribution in [3.8, 4) is 5.75 Å². The predicted octanol–water partition coefficient (Wildman–Crippen LogP) is 3.87. The van der Waals surface area contributed by atoms with E-state index in [1.54, 1.807) is 12.1 Å². The average molecular weight is 360 g/mol. The van der Waals surface area contributed by atoms with Gasteiger partial charge in [0.25, 0.3) is 0 Å². The van der Waals surface area contributed by atoms with Gasteiger partial charge in [-0.25, -0.2) is 13.1 Å². The van der Waals surface area contributed by atoms with Crippen LogP contribution in [0.5, 0.6) is 5.75 Å². The van der Waals surface area contributed by atoms with Gasteiger partial charge in [0.2, 0.25) is 10.0 Å². The van der Waals surface area contributed by atoms with Crippen LogP contribution in [0.3, 0.4) is 0 Å². The van der Waals surface area contributed by atoms with Crippen LogP contribution < -0.4 is 9.46 Å². The molecule has 1 N–H and O–H groups in total. The van der Waals surface area contributed by atoms with E-state index in [4.69, 9.17) is 27.9 Å². The molecule has 0 unspecified atom stereocenters. The van der Waals surface area contributed by atoms with E-state index >= 15 is 0 Å². The molecule has 0 radical (unpaired) electrons. The van der Waals surface area contributed by atoms with E-state index in [1.807, 2.05) is 19.1 Å². The first-order valence-electron chi connectivity index (χ1n) is 6.59. The van der Waals surface area contributed by atoms with Crippen LogP contribution in [-0.2, 0) is 16.6 Å². The van der Waals surface area contributed by atoms with Crippen LogP contribution in [0.2, 0.25) is 10.0 Å². The Morgan fingerprint density at radius 3 is 2.64 bits per heavy atom. The molecule has 118 valence electrons. The van der Waals surface area contributed by atoms with Gasteiger partial charge in [-0.3, -0.25) is 0 Å². The first-order chi connectivity index (χ1) is 10.4. The molecule has 2 rings (SSSR count). The van der Waals surface area contributed by atoms with Gasteiger partial charge in [0, 0.05) is 11.6 Å². The second-order valence-electron chi connectivity index (χ2n) is 4.48. The molecule has 0 fully saturated rings. The molecule has 0 aliphatic carbocycles. The van der Waals surface area contributed by atoms with Crippen molar-refractivity contribution in [2.75, 3.05) is 6.61 Å². The van der Waals surface area contributed by atoms with Gasteiger partial charge in [-0.05, 0) is 42.8 Å². The van der Waals surface area contributed by atoms with Gasteiger partial charge < -0.3 is 4.74 Å².